The first kappa shape index (κ1) is 15.4. The number of terminal acetylenes is 1. The Labute approximate surface area is 128 Å². The Kier molecular flexibility index (Phi) is 3.97. The van der Waals surface area contributed by atoms with Crippen molar-refractivity contribution >= 4 is 17.4 Å². The number of aromatic nitrogens is 2. The van der Waals surface area contributed by atoms with Crippen molar-refractivity contribution in [3.8, 4) is 23.6 Å². The Hall–Kier alpha value is -1.99. The fourth-order valence-electron chi connectivity index (χ4n) is 2.17. The molecule has 0 amide bonds. The van der Waals surface area contributed by atoms with Crippen molar-refractivity contribution in [1.82, 2.24) is 9.55 Å². The standard InChI is InChI=1S/C16H17ClFN3/c1-5-8-21-14(19)13(20-15(21)16(2,3)4)11-7-6-10(17)9-12(11)18/h1,6-7,9H,8,19H2,2-4H3. The van der Waals surface area contributed by atoms with Gasteiger partial charge < -0.3 is 10.3 Å². The summed E-state index contributed by atoms with van der Waals surface area (Å²) in [5.74, 6) is 3.18. The zero-order chi connectivity index (χ0) is 15.8. The lowest BCUT2D eigenvalue weighted by atomic mass is 9.95. The van der Waals surface area contributed by atoms with Gasteiger partial charge in [-0.1, -0.05) is 38.3 Å². The van der Waals surface area contributed by atoms with E-state index in [1.165, 1.54) is 6.07 Å². The highest BCUT2D eigenvalue weighted by molar-refractivity contribution is 6.30. The summed E-state index contributed by atoms with van der Waals surface area (Å²) in [6, 6.07) is 4.42. The predicted molar refractivity (Wildman–Crippen MR) is 84.6 cm³/mol. The molecule has 2 aromatic rings. The molecule has 0 radical (unpaired) electrons. The summed E-state index contributed by atoms with van der Waals surface area (Å²) in [4.78, 5) is 4.52. The summed E-state index contributed by atoms with van der Waals surface area (Å²) >= 11 is 5.78. The maximum absolute atomic E-state index is 14.1. The minimum absolute atomic E-state index is 0.258. The highest BCUT2D eigenvalue weighted by atomic mass is 35.5. The largest absolute Gasteiger partial charge is 0.383 e. The van der Waals surface area contributed by atoms with Gasteiger partial charge in [0.25, 0.3) is 0 Å². The molecule has 0 aliphatic rings. The smallest absolute Gasteiger partial charge is 0.134 e. The average Bonchev–Trinajstić information content (AvgIpc) is 2.68. The van der Waals surface area contributed by atoms with E-state index in [2.05, 4.69) is 10.9 Å². The van der Waals surface area contributed by atoms with E-state index in [1.807, 2.05) is 20.8 Å². The lowest BCUT2D eigenvalue weighted by Gasteiger charge is -2.18. The van der Waals surface area contributed by atoms with Crippen molar-refractivity contribution in [3.63, 3.8) is 0 Å². The first-order chi connectivity index (χ1) is 9.75. The summed E-state index contributed by atoms with van der Waals surface area (Å²) in [5, 5.41) is 0.328. The van der Waals surface area contributed by atoms with Gasteiger partial charge in [-0.05, 0) is 18.2 Å². The van der Waals surface area contributed by atoms with Crippen LogP contribution in [-0.2, 0) is 12.0 Å². The van der Waals surface area contributed by atoms with Crippen LogP contribution < -0.4 is 5.73 Å². The van der Waals surface area contributed by atoms with Gasteiger partial charge in [0, 0.05) is 16.0 Å². The van der Waals surface area contributed by atoms with E-state index in [4.69, 9.17) is 23.8 Å². The molecule has 2 rings (SSSR count). The second-order valence-corrected chi connectivity index (χ2v) is 6.27. The molecule has 0 aliphatic heterocycles. The molecule has 0 aliphatic carbocycles. The van der Waals surface area contributed by atoms with E-state index >= 15 is 0 Å². The van der Waals surface area contributed by atoms with Gasteiger partial charge in [0.2, 0.25) is 0 Å². The van der Waals surface area contributed by atoms with Crippen molar-refractivity contribution in [2.75, 3.05) is 5.73 Å². The molecule has 2 N–H and O–H groups in total. The van der Waals surface area contributed by atoms with Gasteiger partial charge in [-0.25, -0.2) is 9.37 Å². The van der Waals surface area contributed by atoms with Gasteiger partial charge >= 0.3 is 0 Å². The summed E-state index contributed by atoms with van der Waals surface area (Å²) < 4.78 is 15.8. The zero-order valence-electron chi connectivity index (χ0n) is 12.2. The Morgan fingerprint density at radius 2 is 2.10 bits per heavy atom. The minimum atomic E-state index is -0.458. The molecule has 0 spiro atoms. The maximum atomic E-state index is 14.1. The molecular formula is C16H17ClFN3. The summed E-state index contributed by atoms with van der Waals surface area (Å²) in [5.41, 5.74) is 6.58. The predicted octanol–water partition coefficient (Wildman–Crippen LogP) is 3.86. The molecule has 5 heteroatoms. The zero-order valence-corrected chi connectivity index (χ0v) is 13.0. The molecule has 3 nitrogen and oxygen atoms in total. The van der Waals surface area contributed by atoms with Crippen LogP contribution in [0.15, 0.2) is 18.2 Å². The van der Waals surface area contributed by atoms with Crippen LogP contribution in [0.1, 0.15) is 26.6 Å². The maximum Gasteiger partial charge on any atom is 0.134 e. The molecule has 0 fully saturated rings. The third-order valence-corrected chi connectivity index (χ3v) is 3.35. The van der Waals surface area contributed by atoms with E-state index in [1.54, 1.807) is 16.7 Å². The molecule has 110 valence electrons. The lowest BCUT2D eigenvalue weighted by molar-refractivity contribution is 0.517. The fraction of sp³-hybridized carbons (Fsp3) is 0.312. The normalized spacial score (nSPS) is 11.4. The van der Waals surface area contributed by atoms with Gasteiger partial charge in [-0.3, -0.25) is 0 Å². The Balaban J connectivity index is 2.68. The highest BCUT2D eigenvalue weighted by Crippen LogP contribution is 2.33. The Morgan fingerprint density at radius 1 is 1.43 bits per heavy atom. The van der Waals surface area contributed by atoms with Gasteiger partial charge in [0.05, 0.1) is 6.54 Å². The number of rotatable bonds is 2. The SMILES string of the molecule is C#CCn1c(C(C)(C)C)nc(-c2ccc(Cl)cc2F)c1N. The second kappa shape index (κ2) is 5.42. The molecule has 0 saturated heterocycles. The molecule has 0 saturated carbocycles. The Bertz CT molecular complexity index is 720. The van der Waals surface area contributed by atoms with Crippen molar-refractivity contribution in [2.24, 2.45) is 0 Å². The first-order valence-corrected chi connectivity index (χ1v) is 6.89. The number of imidazole rings is 1. The van der Waals surface area contributed by atoms with Crippen LogP contribution >= 0.6 is 11.6 Å². The van der Waals surface area contributed by atoms with Gasteiger partial charge in [0.15, 0.2) is 0 Å². The molecule has 1 aromatic carbocycles. The molecule has 1 heterocycles. The number of halogens is 2. The fourth-order valence-corrected chi connectivity index (χ4v) is 2.33. The van der Waals surface area contributed by atoms with Crippen LogP contribution in [0.2, 0.25) is 5.02 Å². The van der Waals surface area contributed by atoms with Crippen molar-refractivity contribution in [1.29, 1.82) is 0 Å². The van der Waals surface area contributed by atoms with E-state index in [-0.39, 0.29) is 5.41 Å². The van der Waals surface area contributed by atoms with Gasteiger partial charge in [-0.15, -0.1) is 6.42 Å². The minimum Gasteiger partial charge on any atom is -0.383 e. The number of hydrogen-bond acceptors (Lipinski definition) is 2. The van der Waals surface area contributed by atoms with Crippen molar-refractivity contribution < 1.29 is 4.39 Å². The van der Waals surface area contributed by atoms with Crippen LogP contribution in [0.4, 0.5) is 10.2 Å². The third kappa shape index (κ3) is 2.88. The summed E-state index contributed by atoms with van der Waals surface area (Å²) in [7, 11) is 0. The number of anilines is 1. The van der Waals surface area contributed by atoms with Crippen LogP contribution in [0.3, 0.4) is 0 Å². The highest BCUT2D eigenvalue weighted by Gasteiger charge is 2.26. The van der Waals surface area contributed by atoms with E-state index < -0.39 is 5.82 Å². The quantitative estimate of drug-likeness (QED) is 0.856. The molecule has 0 bridgehead atoms. The molecule has 0 unspecified atom stereocenters. The van der Waals surface area contributed by atoms with E-state index in [9.17, 15) is 4.39 Å². The van der Waals surface area contributed by atoms with Crippen LogP contribution in [0.25, 0.3) is 11.3 Å². The van der Waals surface area contributed by atoms with E-state index in [0.29, 0.717) is 28.6 Å². The topological polar surface area (TPSA) is 43.8 Å². The Morgan fingerprint density at radius 3 is 2.62 bits per heavy atom. The van der Waals surface area contributed by atoms with E-state index in [0.717, 1.165) is 5.82 Å². The number of nitrogens with two attached hydrogens (primary N) is 1. The first-order valence-electron chi connectivity index (χ1n) is 6.51. The number of nitrogens with zero attached hydrogens (tertiary/aromatic N) is 2. The van der Waals surface area contributed by atoms with Crippen LogP contribution in [-0.4, -0.2) is 9.55 Å². The average molecular weight is 306 g/mol. The third-order valence-electron chi connectivity index (χ3n) is 3.11. The second-order valence-electron chi connectivity index (χ2n) is 5.83. The van der Waals surface area contributed by atoms with Crippen molar-refractivity contribution in [3.05, 3.63) is 34.9 Å². The van der Waals surface area contributed by atoms with Crippen LogP contribution in [0.5, 0.6) is 0 Å². The molecule has 0 atom stereocenters. The van der Waals surface area contributed by atoms with Gasteiger partial charge in [0.1, 0.15) is 23.2 Å². The number of hydrogen-bond donors (Lipinski definition) is 1. The monoisotopic (exact) mass is 305 g/mol. The molecule has 21 heavy (non-hydrogen) atoms. The summed E-state index contributed by atoms with van der Waals surface area (Å²) in [6.07, 6.45) is 5.39. The number of benzene rings is 1. The molecular weight excluding hydrogens is 289 g/mol. The van der Waals surface area contributed by atoms with Gasteiger partial charge in [-0.2, -0.15) is 0 Å². The lowest BCUT2D eigenvalue weighted by Crippen LogP contribution is -2.19. The molecule has 1 aromatic heterocycles. The van der Waals surface area contributed by atoms with Crippen LogP contribution in [0, 0.1) is 18.2 Å². The van der Waals surface area contributed by atoms with Crippen molar-refractivity contribution in [2.45, 2.75) is 32.7 Å². The summed E-state index contributed by atoms with van der Waals surface area (Å²) in [6.45, 7) is 6.30. The number of nitrogen functional groups attached to an aromatic ring is 1.